The van der Waals surface area contributed by atoms with Crippen molar-refractivity contribution in [1.29, 1.82) is 0 Å². The summed E-state index contributed by atoms with van der Waals surface area (Å²) in [6, 6.07) is 10.8. The van der Waals surface area contributed by atoms with Crippen LogP contribution in [0, 0.1) is 0 Å². The van der Waals surface area contributed by atoms with Gasteiger partial charge in [-0.3, -0.25) is 4.79 Å². The van der Waals surface area contributed by atoms with Crippen LogP contribution >= 0.6 is 11.3 Å². The molecule has 0 aliphatic carbocycles. The van der Waals surface area contributed by atoms with Crippen molar-refractivity contribution in [2.75, 3.05) is 5.32 Å². The predicted molar refractivity (Wildman–Crippen MR) is 128 cm³/mol. The van der Waals surface area contributed by atoms with Crippen LogP contribution in [0.15, 0.2) is 40.5 Å². The molecule has 2 aliphatic heterocycles. The number of carbonyl (C=O) groups is 1. The van der Waals surface area contributed by atoms with Crippen LogP contribution < -0.4 is 10.1 Å². The van der Waals surface area contributed by atoms with E-state index in [0.29, 0.717) is 12.2 Å². The van der Waals surface area contributed by atoms with Gasteiger partial charge in [-0.05, 0) is 67.0 Å². The van der Waals surface area contributed by atoms with Gasteiger partial charge in [-0.1, -0.05) is 26.0 Å². The maximum atomic E-state index is 12.1. The molecule has 0 bridgehead atoms. The first-order valence-corrected chi connectivity index (χ1v) is 11.6. The zero-order valence-electron chi connectivity index (χ0n) is 18.2. The highest BCUT2D eigenvalue weighted by molar-refractivity contribution is 7.21. The number of benzene rings is 2. The summed E-state index contributed by atoms with van der Waals surface area (Å²) in [6.07, 6.45) is 2.12. The number of ether oxygens (including phenoxy) is 1. The van der Waals surface area contributed by atoms with E-state index in [1.54, 1.807) is 18.3 Å². The van der Waals surface area contributed by atoms with Gasteiger partial charge in [0, 0.05) is 22.4 Å². The Morgan fingerprint density at radius 2 is 2.00 bits per heavy atom. The summed E-state index contributed by atoms with van der Waals surface area (Å²) in [7, 11) is 0. The molecule has 5 nitrogen and oxygen atoms in total. The third-order valence-electron chi connectivity index (χ3n) is 5.99. The van der Waals surface area contributed by atoms with Crippen LogP contribution in [0.3, 0.4) is 0 Å². The first-order chi connectivity index (χ1) is 15.0. The second-order valence-corrected chi connectivity index (χ2v) is 9.22. The number of fused-ring (bicyclic) bond motifs is 3. The van der Waals surface area contributed by atoms with Crippen LogP contribution in [-0.2, 0) is 24.1 Å². The summed E-state index contributed by atoms with van der Waals surface area (Å²) in [5, 5.41) is 13.5. The zero-order chi connectivity index (χ0) is 21.7. The minimum absolute atomic E-state index is 0.121. The SMILES string of the molecule is CCc1ccc2sc(C3=NN=C(C)Cc4cc5c(cc43)O[C@H](C)C(=O)N5)c(CC)c2c1. The average molecular weight is 432 g/mol. The summed E-state index contributed by atoms with van der Waals surface area (Å²) >= 11 is 1.78. The Balaban J connectivity index is 1.72. The minimum Gasteiger partial charge on any atom is -0.479 e. The van der Waals surface area contributed by atoms with Crippen molar-refractivity contribution in [3.8, 4) is 5.75 Å². The van der Waals surface area contributed by atoms with Gasteiger partial charge in [-0.25, -0.2) is 0 Å². The number of nitrogens with one attached hydrogen (secondary N) is 1. The number of thiophene rings is 1. The fourth-order valence-corrected chi connectivity index (χ4v) is 5.56. The van der Waals surface area contributed by atoms with E-state index in [2.05, 4.69) is 42.5 Å². The number of rotatable bonds is 3. The van der Waals surface area contributed by atoms with Gasteiger partial charge in [0.2, 0.25) is 0 Å². The molecule has 1 atom stereocenters. The first-order valence-electron chi connectivity index (χ1n) is 10.8. The van der Waals surface area contributed by atoms with Crippen molar-refractivity contribution in [3.63, 3.8) is 0 Å². The van der Waals surface area contributed by atoms with E-state index < -0.39 is 6.10 Å². The molecule has 0 radical (unpaired) electrons. The lowest BCUT2D eigenvalue weighted by Gasteiger charge is -2.25. The molecule has 158 valence electrons. The van der Waals surface area contributed by atoms with Gasteiger partial charge in [-0.15, -0.1) is 16.4 Å². The molecule has 31 heavy (non-hydrogen) atoms. The van der Waals surface area contributed by atoms with Gasteiger partial charge < -0.3 is 10.1 Å². The highest BCUT2D eigenvalue weighted by atomic mass is 32.1. The number of amides is 1. The van der Waals surface area contributed by atoms with Crippen LogP contribution in [-0.4, -0.2) is 23.4 Å². The van der Waals surface area contributed by atoms with Crippen LogP contribution in [0.1, 0.15) is 54.8 Å². The third-order valence-corrected chi connectivity index (χ3v) is 7.21. The standard InChI is InChI=1S/C25H25N3O2S/c1-5-15-7-8-22-19(10-15)17(6-2)24(31-22)23-18-12-21-20(26-25(29)14(4)30-21)11-16(18)9-13(3)27-28-23/h7-8,10-12,14H,5-6,9H2,1-4H3,(H,26,29)/t14-/m1/s1. The molecule has 0 fully saturated rings. The van der Waals surface area contributed by atoms with E-state index in [-0.39, 0.29) is 5.91 Å². The van der Waals surface area contributed by atoms with Crippen molar-refractivity contribution >= 4 is 44.4 Å². The molecule has 1 aromatic heterocycles. The fraction of sp³-hybridized carbons (Fsp3) is 0.320. The quantitative estimate of drug-likeness (QED) is 0.594. The Bertz CT molecular complexity index is 1290. The lowest BCUT2D eigenvalue weighted by atomic mass is 9.94. The van der Waals surface area contributed by atoms with Gasteiger partial charge >= 0.3 is 0 Å². The minimum atomic E-state index is -0.516. The Kier molecular flexibility index (Phi) is 4.89. The number of carbonyl (C=O) groups excluding carboxylic acids is 1. The fourth-order valence-electron chi connectivity index (χ4n) is 4.29. The average Bonchev–Trinajstić information content (AvgIpc) is 3.04. The van der Waals surface area contributed by atoms with E-state index in [1.807, 2.05) is 19.1 Å². The van der Waals surface area contributed by atoms with Gasteiger partial charge in [0.25, 0.3) is 5.91 Å². The molecule has 2 aromatic carbocycles. The number of anilines is 1. The topological polar surface area (TPSA) is 63.1 Å². The highest BCUT2D eigenvalue weighted by Crippen LogP contribution is 2.39. The lowest BCUT2D eigenvalue weighted by molar-refractivity contribution is -0.122. The molecule has 0 saturated heterocycles. The Morgan fingerprint density at radius 3 is 2.77 bits per heavy atom. The number of nitrogens with zero attached hydrogens (tertiary/aromatic N) is 2. The second-order valence-electron chi connectivity index (χ2n) is 8.16. The van der Waals surface area contributed by atoms with Gasteiger partial charge in [0.05, 0.1) is 10.6 Å². The van der Waals surface area contributed by atoms with Crippen molar-refractivity contribution in [2.45, 2.75) is 53.1 Å². The summed E-state index contributed by atoms with van der Waals surface area (Å²) in [5.41, 5.74) is 7.34. The van der Waals surface area contributed by atoms with E-state index in [1.165, 1.54) is 26.1 Å². The van der Waals surface area contributed by atoms with E-state index in [0.717, 1.165) is 41.1 Å². The number of hydrogen-bond donors (Lipinski definition) is 1. The molecule has 3 heterocycles. The molecule has 0 unspecified atom stereocenters. The van der Waals surface area contributed by atoms with Gasteiger partial charge in [0.1, 0.15) is 11.5 Å². The van der Waals surface area contributed by atoms with Crippen LogP contribution in [0.2, 0.25) is 0 Å². The summed E-state index contributed by atoms with van der Waals surface area (Å²) in [5.74, 6) is 0.565. The van der Waals surface area contributed by atoms with Crippen molar-refractivity contribution in [2.24, 2.45) is 10.2 Å². The Hall–Kier alpha value is -2.99. The smallest absolute Gasteiger partial charge is 0.265 e. The first kappa shape index (κ1) is 19.9. The third kappa shape index (κ3) is 3.35. The highest BCUT2D eigenvalue weighted by Gasteiger charge is 2.28. The molecule has 3 aromatic rings. The molecule has 0 saturated carbocycles. The van der Waals surface area contributed by atoms with Gasteiger partial charge in [0.15, 0.2) is 6.10 Å². The van der Waals surface area contributed by atoms with Gasteiger partial charge in [-0.2, -0.15) is 5.10 Å². The molecule has 1 N–H and O–H groups in total. The zero-order valence-corrected chi connectivity index (χ0v) is 19.0. The largest absolute Gasteiger partial charge is 0.479 e. The summed E-state index contributed by atoms with van der Waals surface area (Å²) in [6.45, 7) is 8.14. The second kappa shape index (κ2) is 7.61. The Labute approximate surface area is 185 Å². The van der Waals surface area contributed by atoms with Crippen LogP contribution in [0.25, 0.3) is 10.1 Å². The normalized spacial score (nSPS) is 17.8. The summed E-state index contributed by atoms with van der Waals surface area (Å²) in [4.78, 5) is 13.3. The molecule has 0 spiro atoms. The van der Waals surface area contributed by atoms with Crippen LogP contribution in [0.5, 0.6) is 5.75 Å². The predicted octanol–water partition coefficient (Wildman–Crippen LogP) is 5.51. The van der Waals surface area contributed by atoms with E-state index in [9.17, 15) is 4.79 Å². The van der Waals surface area contributed by atoms with Crippen molar-refractivity contribution in [3.05, 3.63) is 57.5 Å². The molecule has 6 heteroatoms. The maximum Gasteiger partial charge on any atom is 0.265 e. The number of aryl methyl sites for hydroxylation is 2. The summed E-state index contributed by atoms with van der Waals surface area (Å²) < 4.78 is 7.18. The molecular formula is C25H25N3O2S. The van der Waals surface area contributed by atoms with E-state index in [4.69, 9.17) is 9.84 Å². The Morgan fingerprint density at radius 1 is 1.16 bits per heavy atom. The van der Waals surface area contributed by atoms with Crippen molar-refractivity contribution < 1.29 is 9.53 Å². The molecule has 1 amide bonds. The molecular weight excluding hydrogens is 406 g/mol. The van der Waals surface area contributed by atoms with E-state index >= 15 is 0 Å². The number of hydrogen-bond acceptors (Lipinski definition) is 5. The molecule has 2 aliphatic rings. The molecule has 5 rings (SSSR count). The monoisotopic (exact) mass is 431 g/mol. The maximum absolute atomic E-state index is 12.1. The van der Waals surface area contributed by atoms with Crippen molar-refractivity contribution in [1.82, 2.24) is 0 Å². The van der Waals surface area contributed by atoms with Crippen LogP contribution in [0.4, 0.5) is 5.69 Å². The lowest BCUT2D eigenvalue weighted by Crippen LogP contribution is -2.34.